The van der Waals surface area contributed by atoms with Gasteiger partial charge in [0.15, 0.2) is 5.75 Å². The lowest BCUT2D eigenvalue weighted by Crippen LogP contribution is -2.01. The normalized spacial score (nSPS) is 10.7. The van der Waals surface area contributed by atoms with E-state index in [9.17, 15) is 8.78 Å². The Morgan fingerprint density at radius 2 is 1.89 bits per heavy atom. The summed E-state index contributed by atoms with van der Waals surface area (Å²) in [4.78, 5) is 3.65. The highest BCUT2D eigenvalue weighted by atomic mass is 79.9. The molecule has 0 spiro atoms. The van der Waals surface area contributed by atoms with E-state index in [1.807, 2.05) is 30.3 Å². The lowest BCUT2D eigenvalue weighted by atomic mass is 10.2. The quantitative estimate of drug-likeness (QED) is 0.836. The number of alkyl halides is 2. The fourth-order valence-electron chi connectivity index (χ4n) is 1.47. The van der Waals surface area contributed by atoms with Crippen molar-refractivity contribution in [1.29, 1.82) is 0 Å². The maximum absolute atomic E-state index is 12.8. The van der Waals surface area contributed by atoms with Crippen molar-refractivity contribution in [2.75, 3.05) is 0 Å². The summed E-state index contributed by atoms with van der Waals surface area (Å²) in [6.07, 6.45) is -1.34. The first-order chi connectivity index (χ1) is 8.68. The fraction of sp³-hybridized carbons (Fsp3) is 0.154. The van der Waals surface area contributed by atoms with Gasteiger partial charge in [0.25, 0.3) is 6.43 Å². The van der Waals surface area contributed by atoms with E-state index in [-0.39, 0.29) is 18.1 Å². The second-order valence-corrected chi connectivity index (χ2v) is 4.44. The van der Waals surface area contributed by atoms with E-state index in [1.165, 1.54) is 6.20 Å². The van der Waals surface area contributed by atoms with Crippen LogP contribution in [0.5, 0.6) is 5.75 Å². The topological polar surface area (TPSA) is 22.1 Å². The molecule has 0 saturated carbocycles. The van der Waals surface area contributed by atoms with Gasteiger partial charge in [0, 0.05) is 6.20 Å². The van der Waals surface area contributed by atoms with Crippen LogP contribution in [0, 0.1) is 0 Å². The molecule has 18 heavy (non-hydrogen) atoms. The molecule has 0 unspecified atom stereocenters. The summed E-state index contributed by atoms with van der Waals surface area (Å²) in [6.45, 7) is 0.227. The van der Waals surface area contributed by atoms with Crippen molar-refractivity contribution in [2.45, 2.75) is 13.0 Å². The Balaban J connectivity index is 2.19. The highest BCUT2D eigenvalue weighted by Crippen LogP contribution is 2.33. The molecule has 1 aromatic heterocycles. The standard InChI is InChI=1S/C13H10BrF2NO/c14-10-6-7-17-11(13(15)16)12(10)18-8-9-4-2-1-3-5-9/h1-7,13H,8H2. The molecular formula is C13H10BrF2NO. The Kier molecular flexibility index (Phi) is 4.25. The van der Waals surface area contributed by atoms with Crippen molar-refractivity contribution in [2.24, 2.45) is 0 Å². The predicted molar refractivity (Wildman–Crippen MR) is 67.7 cm³/mol. The molecule has 2 aromatic rings. The molecule has 0 saturated heterocycles. The monoisotopic (exact) mass is 313 g/mol. The highest BCUT2D eigenvalue weighted by Gasteiger charge is 2.18. The Morgan fingerprint density at radius 1 is 1.17 bits per heavy atom. The summed E-state index contributed by atoms with van der Waals surface area (Å²) in [5.41, 5.74) is 0.564. The zero-order chi connectivity index (χ0) is 13.0. The number of nitrogens with zero attached hydrogens (tertiary/aromatic N) is 1. The molecule has 0 aliphatic heterocycles. The molecule has 94 valence electrons. The number of rotatable bonds is 4. The number of hydrogen-bond acceptors (Lipinski definition) is 2. The average molecular weight is 314 g/mol. The summed E-state index contributed by atoms with van der Waals surface area (Å²) >= 11 is 3.19. The highest BCUT2D eigenvalue weighted by molar-refractivity contribution is 9.10. The van der Waals surface area contributed by atoms with Crippen LogP contribution in [0.3, 0.4) is 0 Å². The van der Waals surface area contributed by atoms with Crippen LogP contribution < -0.4 is 4.74 Å². The van der Waals surface area contributed by atoms with Crippen molar-refractivity contribution < 1.29 is 13.5 Å². The van der Waals surface area contributed by atoms with E-state index in [4.69, 9.17) is 4.74 Å². The predicted octanol–water partition coefficient (Wildman–Crippen LogP) is 4.36. The first-order valence-electron chi connectivity index (χ1n) is 5.27. The maximum atomic E-state index is 12.8. The minimum atomic E-state index is -2.66. The number of pyridine rings is 1. The van der Waals surface area contributed by atoms with Gasteiger partial charge in [-0.15, -0.1) is 0 Å². The Morgan fingerprint density at radius 3 is 2.56 bits per heavy atom. The third kappa shape index (κ3) is 3.04. The van der Waals surface area contributed by atoms with Gasteiger partial charge in [0.2, 0.25) is 0 Å². The fourth-order valence-corrected chi connectivity index (χ4v) is 1.90. The van der Waals surface area contributed by atoms with Gasteiger partial charge in [0.1, 0.15) is 12.3 Å². The summed E-state index contributed by atoms with van der Waals surface area (Å²) in [5.74, 6) is 0.0938. The van der Waals surface area contributed by atoms with E-state index in [0.717, 1.165) is 5.56 Å². The minimum absolute atomic E-state index is 0.0938. The first kappa shape index (κ1) is 13.0. The summed E-state index contributed by atoms with van der Waals surface area (Å²) in [5, 5.41) is 0. The number of ether oxygens (including phenoxy) is 1. The maximum Gasteiger partial charge on any atom is 0.284 e. The molecule has 1 heterocycles. The van der Waals surface area contributed by atoms with Crippen LogP contribution in [0.15, 0.2) is 47.1 Å². The van der Waals surface area contributed by atoms with Gasteiger partial charge in [0.05, 0.1) is 4.47 Å². The molecule has 0 aliphatic carbocycles. The Bertz CT molecular complexity index is 520. The third-order valence-corrected chi connectivity index (χ3v) is 2.94. The third-order valence-electron chi connectivity index (χ3n) is 2.32. The van der Waals surface area contributed by atoms with E-state index in [2.05, 4.69) is 20.9 Å². The van der Waals surface area contributed by atoms with Gasteiger partial charge < -0.3 is 4.74 Å². The smallest absolute Gasteiger partial charge is 0.284 e. The molecule has 0 bridgehead atoms. The van der Waals surface area contributed by atoms with Crippen LogP contribution >= 0.6 is 15.9 Å². The summed E-state index contributed by atoms with van der Waals surface area (Å²) in [6, 6.07) is 10.9. The lowest BCUT2D eigenvalue weighted by Gasteiger charge is -2.11. The van der Waals surface area contributed by atoms with Gasteiger partial charge in [-0.25, -0.2) is 8.78 Å². The molecule has 0 atom stereocenters. The van der Waals surface area contributed by atoms with Crippen LogP contribution in [0.1, 0.15) is 17.7 Å². The van der Waals surface area contributed by atoms with Gasteiger partial charge in [-0.1, -0.05) is 30.3 Å². The molecule has 0 radical (unpaired) electrons. The first-order valence-corrected chi connectivity index (χ1v) is 6.07. The number of hydrogen-bond donors (Lipinski definition) is 0. The van der Waals surface area contributed by atoms with Crippen molar-refractivity contribution in [1.82, 2.24) is 4.98 Å². The van der Waals surface area contributed by atoms with Crippen molar-refractivity contribution in [3.8, 4) is 5.75 Å². The lowest BCUT2D eigenvalue weighted by molar-refractivity contribution is 0.138. The number of halogens is 3. The number of aromatic nitrogens is 1. The minimum Gasteiger partial charge on any atom is -0.486 e. The SMILES string of the molecule is FC(F)c1nccc(Br)c1OCc1ccccc1. The van der Waals surface area contributed by atoms with E-state index in [1.54, 1.807) is 6.07 Å². The molecule has 0 fully saturated rings. The molecule has 1 aromatic carbocycles. The van der Waals surface area contributed by atoms with Crippen LogP contribution in [0.4, 0.5) is 8.78 Å². The Labute approximate surface area is 112 Å². The van der Waals surface area contributed by atoms with Crippen LogP contribution in [-0.2, 0) is 6.61 Å². The van der Waals surface area contributed by atoms with Crippen molar-refractivity contribution in [3.05, 3.63) is 58.3 Å². The van der Waals surface area contributed by atoms with E-state index in [0.29, 0.717) is 4.47 Å². The molecular weight excluding hydrogens is 304 g/mol. The molecule has 5 heteroatoms. The van der Waals surface area contributed by atoms with Crippen molar-refractivity contribution >= 4 is 15.9 Å². The average Bonchev–Trinajstić information content (AvgIpc) is 2.38. The van der Waals surface area contributed by atoms with Gasteiger partial charge in [-0.2, -0.15) is 0 Å². The van der Waals surface area contributed by atoms with Gasteiger partial charge >= 0.3 is 0 Å². The summed E-state index contributed by atoms with van der Waals surface area (Å²) < 4.78 is 31.4. The molecule has 2 rings (SSSR count). The zero-order valence-corrected chi connectivity index (χ0v) is 10.9. The molecule has 0 aliphatic rings. The Hall–Kier alpha value is -1.49. The van der Waals surface area contributed by atoms with Crippen LogP contribution in [0.2, 0.25) is 0 Å². The van der Waals surface area contributed by atoms with Crippen LogP contribution in [-0.4, -0.2) is 4.98 Å². The largest absolute Gasteiger partial charge is 0.486 e. The zero-order valence-electron chi connectivity index (χ0n) is 9.32. The molecule has 0 amide bonds. The van der Waals surface area contributed by atoms with E-state index < -0.39 is 6.43 Å². The van der Waals surface area contributed by atoms with Gasteiger partial charge in [-0.05, 0) is 27.6 Å². The number of benzene rings is 1. The van der Waals surface area contributed by atoms with Crippen LogP contribution in [0.25, 0.3) is 0 Å². The molecule has 0 N–H and O–H groups in total. The molecule has 2 nitrogen and oxygen atoms in total. The summed E-state index contributed by atoms with van der Waals surface area (Å²) in [7, 11) is 0. The van der Waals surface area contributed by atoms with Gasteiger partial charge in [-0.3, -0.25) is 4.98 Å². The van der Waals surface area contributed by atoms with Crippen molar-refractivity contribution in [3.63, 3.8) is 0 Å². The van der Waals surface area contributed by atoms with E-state index >= 15 is 0 Å². The second-order valence-electron chi connectivity index (χ2n) is 3.58. The second kappa shape index (κ2) is 5.91.